The van der Waals surface area contributed by atoms with E-state index in [0.717, 1.165) is 13.0 Å². The predicted octanol–water partition coefficient (Wildman–Crippen LogP) is 1.69. The molecule has 0 aliphatic carbocycles. The number of carbonyl (C=O) groups is 1. The molecule has 0 radical (unpaired) electrons. The summed E-state index contributed by atoms with van der Waals surface area (Å²) in [6, 6.07) is 0. The third-order valence-electron chi connectivity index (χ3n) is 3.00. The lowest BCUT2D eigenvalue weighted by molar-refractivity contribution is -0.269. The van der Waals surface area contributed by atoms with E-state index in [4.69, 9.17) is 0 Å². The minimum absolute atomic E-state index is 0.204. The van der Waals surface area contributed by atoms with E-state index in [0.29, 0.717) is 13.0 Å². The van der Waals surface area contributed by atoms with Crippen molar-refractivity contribution in [1.29, 1.82) is 0 Å². The molecule has 0 bridgehead atoms. The maximum atomic E-state index is 12.7. The van der Waals surface area contributed by atoms with Gasteiger partial charge in [-0.25, -0.2) is 0 Å². The van der Waals surface area contributed by atoms with Gasteiger partial charge in [0.1, 0.15) is 0 Å². The number of nitrogens with one attached hydrogen (secondary N) is 2. The fraction of sp³-hybridized carbons (Fsp3) is 0.900. The van der Waals surface area contributed by atoms with Crippen LogP contribution in [0.25, 0.3) is 0 Å². The van der Waals surface area contributed by atoms with E-state index in [-0.39, 0.29) is 6.54 Å². The summed E-state index contributed by atoms with van der Waals surface area (Å²) in [7, 11) is 0. The lowest BCUT2D eigenvalue weighted by atomic mass is 9.83. The zero-order valence-corrected chi connectivity index (χ0v) is 9.83. The number of rotatable bonds is 3. The lowest BCUT2D eigenvalue weighted by Crippen LogP contribution is -2.54. The molecule has 1 heterocycles. The first-order chi connectivity index (χ1) is 8.08. The second kappa shape index (κ2) is 4.99. The summed E-state index contributed by atoms with van der Waals surface area (Å²) in [4.78, 5) is 10.9. The minimum Gasteiger partial charge on any atom is -0.350 e. The van der Waals surface area contributed by atoms with Gasteiger partial charge in [0.15, 0.2) is 0 Å². The molecule has 0 aromatic rings. The zero-order chi connectivity index (χ0) is 14.0. The normalized spacial score (nSPS) is 25.9. The molecule has 1 saturated heterocycles. The molecule has 0 spiro atoms. The van der Waals surface area contributed by atoms with Crippen molar-refractivity contribution < 1.29 is 26.7 Å². The fourth-order valence-corrected chi connectivity index (χ4v) is 1.80. The van der Waals surface area contributed by atoms with E-state index in [9.17, 15) is 26.7 Å². The van der Waals surface area contributed by atoms with Crippen LogP contribution in [0.3, 0.4) is 0 Å². The highest BCUT2D eigenvalue weighted by Crippen LogP contribution is 2.35. The smallest absolute Gasteiger partial charge is 0.350 e. The molecule has 1 amide bonds. The van der Waals surface area contributed by atoms with Crippen molar-refractivity contribution in [3.63, 3.8) is 0 Å². The predicted molar refractivity (Wildman–Crippen MR) is 54.2 cm³/mol. The Kier molecular flexibility index (Phi) is 4.19. The summed E-state index contributed by atoms with van der Waals surface area (Å²) in [6.07, 6.45) is -4.40. The molecule has 1 rings (SSSR count). The van der Waals surface area contributed by atoms with E-state index in [1.165, 1.54) is 0 Å². The number of amides is 1. The Labute approximate surface area is 101 Å². The molecule has 1 unspecified atom stereocenters. The lowest BCUT2D eigenvalue weighted by Gasteiger charge is -2.34. The number of piperidine rings is 1. The van der Waals surface area contributed by atoms with Crippen LogP contribution in [0.4, 0.5) is 22.0 Å². The van der Waals surface area contributed by atoms with Crippen LogP contribution in [0.2, 0.25) is 0 Å². The van der Waals surface area contributed by atoms with E-state index in [2.05, 4.69) is 5.32 Å². The molecule has 106 valence electrons. The van der Waals surface area contributed by atoms with Gasteiger partial charge < -0.3 is 10.6 Å². The summed E-state index contributed by atoms with van der Waals surface area (Å²) in [5.41, 5.74) is -0.490. The highest BCUT2D eigenvalue weighted by molar-refractivity contribution is 5.84. The van der Waals surface area contributed by atoms with Crippen LogP contribution in [0.5, 0.6) is 0 Å². The molecule has 18 heavy (non-hydrogen) atoms. The second-order valence-corrected chi connectivity index (χ2v) is 4.85. The van der Waals surface area contributed by atoms with Crippen LogP contribution < -0.4 is 10.6 Å². The Morgan fingerprint density at radius 1 is 1.33 bits per heavy atom. The first-order valence-electron chi connectivity index (χ1n) is 5.52. The van der Waals surface area contributed by atoms with Crippen LogP contribution in [0.15, 0.2) is 0 Å². The van der Waals surface area contributed by atoms with Gasteiger partial charge in [-0.2, -0.15) is 22.0 Å². The minimum atomic E-state index is -5.86. The Bertz CT molecular complexity index is 310. The Balaban J connectivity index is 2.55. The van der Waals surface area contributed by atoms with Crippen LogP contribution in [0.1, 0.15) is 19.8 Å². The molecule has 1 fully saturated rings. The molecular weight excluding hydrogens is 259 g/mol. The van der Waals surface area contributed by atoms with Gasteiger partial charge in [0.25, 0.3) is 5.91 Å². The molecule has 1 aliphatic heterocycles. The summed E-state index contributed by atoms with van der Waals surface area (Å²) in [6.45, 7) is 2.78. The van der Waals surface area contributed by atoms with Gasteiger partial charge in [0.05, 0.1) is 0 Å². The Morgan fingerprint density at radius 2 is 1.94 bits per heavy atom. The highest BCUT2D eigenvalue weighted by Gasteiger charge is 2.63. The molecule has 3 nitrogen and oxygen atoms in total. The summed E-state index contributed by atoms with van der Waals surface area (Å²) >= 11 is 0. The molecule has 1 aliphatic rings. The standard InChI is InChI=1S/C10H15F5N2O/c1-8(3-2-4-16-5-8)6-17-7(18)9(11,12)10(13,14)15/h16H,2-6H2,1H3,(H,17,18). The van der Waals surface area contributed by atoms with Crippen molar-refractivity contribution in [3.8, 4) is 0 Å². The first kappa shape index (κ1) is 15.1. The van der Waals surface area contributed by atoms with Gasteiger partial charge >= 0.3 is 12.1 Å². The van der Waals surface area contributed by atoms with Gasteiger partial charge in [-0.15, -0.1) is 0 Å². The maximum absolute atomic E-state index is 12.7. The average molecular weight is 274 g/mol. The van der Waals surface area contributed by atoms with Gasteiger partial charge in [0, 0.05) is 13.1 Å². The van der Waals surface area contributed by atoms with Crippen molar-refractivity contribution in [2.75, 3.05) is 19.6 Å². The quantitative estimate of drug-likeness (QED) is 0.769. The molecular formula is C10H15F5N2O. The monoisotopic (exact) mass is 274 g/mol. The number of hydrogen-bond acceptors (Lipinski definition) is 2. The summed E-state index contributed by atoms with van der Waals surface area (Å²) in [5.74, 6) is -7.63. The molecule has 0 aromatic carbocycles. The van der Waals surface area contributed by atoms with Crippen molar-refractivity contribution in [3.05, 3.63) is 0 Å². The van der Waals surface area contributed by atoms with Gasteiger partial charge in [-0.3, -0.25) is 4.79 Å². The van der Waals surface area contributed by atoms with Crippen LogP contribution in [-0.4, -0.2) is 37.6 Å². The van der Waals surface area contributed by atoms with Crippen molar-refractivity contribution >= 4 is 5.91 Å². The largest absolute Gasteiger partial charge is 0.463 e. The van der Waals surface area contributed by atoms with Crippen molar-refractivity contribution in [2.45, 2.75) is 31.9 Å². The van der Waals surface area contributed by atoms with E-state index >= 15 is 0 Å². The van der Waals surface area contributed by atoms with E-state index in [1.54, 1.807) is 12.2 Å². The van der Waals surface area contributed by atoms with Crippen LogP contribution in [-0.2, 0) is 4.79 Å². The molecule has 0 aromatic heterocycles. The van der Waals surface area contributed by atoms with Crippen molar-refractivity contribution in [2.24, 2.45) is 5.41 Å². The van der Waals surface area contributed by atoms with E-state index < -0.39 is 23.4 Å². The fourth-order valence-electron chi connectivity index (χ4n) is 1.80. The summed E-state index contributed by atoms with van der Waals surface area (Å²) in [5, 5.41) is 4.70. The van der Waals surface area contributed by atoms with Crippen LogP contribution in [0, 0.1) is 5.41 Å². The third kappa shape index (κ3) is 3.30. The molecule has 8 heteroatoms. The maximum Gasteiger partial charge on any atom is 0.463 e. The number of carbonyl (C=O) groups excluding carboxylic acids is 1. The Morgan fingerprint density at radius 3 is 2.39 bits per heavy atom. The molecule has 1 atom stereocenters. The molecule has 0 saturated carbocycles. The molecule has 2 N–H and O–H groups in total. The zero-order valence-electron chi connectivity index (χ0n) is 9.83. The number of halogens is 5. The number of hydrogen-bond donors (Lipinski definition) is 2. The SMILES string of the molecule is CC1(CNC(=O)C(F)(F)C(F)(F)F)CCCNC1. The second-order valence-electron chi connectivity index (χ2n) is 4.85. The highest BCUT2D eigenvalue weighted by atomic mass is 19.4. The van der Waals surface area contributed by atoms with Gasteiger partial charge in [-0.05, 0) is 24.8 Å². The van der Waals surface area contributed by atoms with Gasteiger partial charge in [-0.1, -0.05) is 6.92 Å². The van der Waals surface area contributed by atoms with E-state index in [1.807, 2.05) is 0 Å². The first-order valence-corrected chi connectivity index (χ1v) is 5.52. The van der Waals surface area contributed by atoms with Crippen molar-refractivity contribution in [1.82, 2.24) is 10.6 Å². The number of alkyl halides is 5. The van der Waals surface area contributed by atoms with Gasteiger partial charge in [0.2, 0.25) is 0 Å². The average Bonchev–Trinajstić information content (AvgIpc) is 2.25. The third-order valence-corrected chi connectivity index (χ3v) is 3.00. The topological polar surface area (TPSA) is 41.1 Å². The Hall–Kier alpha value is -0.920. The summed E-state index contributed by atoms with van der Waals surface area (Å²) < 4.78 is 61.1. The van der Waals surface area contributed by atoms with Crippen LogP contribution >= 0.6 is 0 Å².